The number of esters is 2. The molecule has 0 aliphatic rings. The number of ether oxygens (including phenoxy) is 8. The van der Waals surface area contributed by atoms with Crippen LogP contribution < -0.4 is 0 Å². The van der Waals surface area contributed by atoms with Crippen molar-refractivity contribution in [3.63, 3.8) is 0 Å². The Balaban J connectivity index is 3.09. The summed E-state index contributed by atoms with van der Waals surface area (Å²) >= 11 is 0. The molecule has 0 fully saturated rings. The van der Waals surface area contributed by atoms with Crippen LogP contribution in [0.1, 0.15) is 13.3 Å². The Kier molecular flexibility index (Phi) is 21.0. The van der Waals surface area contributed by atoms with Gasteiger partial charge >= 0.3 is 11.9 Å². The van der Waals surface area contributed by atoms with E-state index >= 15 is 0 Å². The van der Waals surface area contributed by atoms with E-state index in [-0.39, 0.29) is 19.0 Å². The molecule has 0 aromatic rings. The highest BCUT2D eigenvalue weighted by Crippen LogP contribution is 1.92. The maximum absolute atomic E-state index is 11.1. The minimum Gasteiger partial charge on any atom is -0.469 e. The SMILES string of the molecule is C=C(C)C(=O)OCCOCCOCCOCCOCCOCCOCCC(=O)OC. The molecule has 0 radical (unpaired) electrons. The minimum absolute atomic E-state index is 0.199. The van der Waals surface area contributed by atoms with Crippen molar-refractivity contribution in [2.75, 3.05) is 93.0 Å². The summed E-state index contributed by atoms with van der Waals surface area (Å²) in [5, 5.41) is 0. The van der Waals surface area contributed by atoms with Crippen LogP contribution in [0, 0.1) is 0 Å². The summed E-state index contributed by atoms with van der Waals surface area (Å²) < 4.78 is 41.3. The van der Waals surface area contributed by atoms with Gasteiger partial charge in [-0.1, -0.05) is 6.58 Å². The van der Waals surface area contributed by atoms with Crippen molar-refractivity contribution in [2.45, 2.75) is 13.3 Å². The van der Waals surface area contributed by atoms with E-state index in [4.69, 9.17) is 33.2 Å². The smallest absolute Gasteiger partial charge is 0.333 e. The van der Waals surface area contributed by atoms with Gasteiger partial charge in [-0.05, 0) is 6.92 Å². The Labute approximate surface area is 178 Å². The van der Waals surface area contributed by atoms with Crippen LogP contribution in [0.5, 0.6) is 0 Å². The number of hydrogen-bond acceptors (Lipinski definition) is 10. The molecule has 0 rings (SSSR count). The fourth-order valence-corrected chi connectivity index (χ4v) is 1.78. The predicted octanol–water partition coefficient (Wildman–Crippen LogP) is 0.768. The van der Waals surface area contributed by atoms with Crippen LogP contribution in [0.2, 0.25) is 0 Å². The fourth-order valence-electron chi connectivity index (χ4n) is 1.78. The van der Waals surface area contributed by atoms with Crippen LogP contribution >= 0.6 is 0 Å². The lowest BCUT2D eigenvalue weighted by Gasteiger charge is -2.08. The molecule has 0 aromatic heterocycles. The van der Waals surface area contributed by atoms with Crippen LogP contribution in [0.15, 0.2) is 12.2 Å². The van der Waals surface area contributed by atoms with Crippen LogP contribution in [-0.4, -0.2) is 105 Å². The van der Waals surface area contributed by atoms with E-state index in [0.29, 0.717) is 84.9 Å². The number of methoxy groups -OCH3 is 1. The topological polar surface area (TPSA) is 108 Å². The minimum atomic E-state index is -0.415. The third kappa shape index (κ3) is 21.2. The van der Waals surface area contributed by atoms with Gasteiger partial charge in [0, 0.05) is 5.57 Å². The summed E-state index contributed by atoms with van der Waals surface area (Å²) in [6, 6.07) is 0. The Morgan fingerprint density at radius 2 is 0.933 bits per heavy atom. The standard InChI is InChI=1S/C20H36O10/c1-18(2)20(22)30-17-16-29-15-14-28-13-12-27-11-10-26-9-8-25-7-6-24-5-4-19(21)23-3/h1,4-17H2,2-3H3. The number of rotatable bonds is 22. The first-order chi connectivity index (χ1) is 14.6. The van der Waals surface area contributed by atoms with E-state index in [1.165, 1.54) is 7.11 Å². The summed E-state index contributed by atoms with van der Waals surface area (Å²) in [5.41, 5.74) is 0.368. The molecule has 10 heteroatoms. The van der Waals surface area contributed by atoms with E-state index in [1.807, 2.05) is 0 Å². The van der Waals surface area contributed by atoms with Gasteiger partial charge in [0.15, 0.2) is 0 Å². The fraction of sp³-hybridized carbons (Fsp3) is 0.800. The Morgan fingerprint density at radius 1 is 0.600 bits per heavy atom. The van der Waals surface area contributed by atoms with Crippen LogP contribution in [0.4, 0.5) is 0 Å². The first-order valence-corrected chi connectivity index (χ1v) is 9.93. The average Bonchev–Trinajstić information content (AvgIpc) is 2.74. The summed E-state index contributed by atoms with van der Waals surface area (Å²) in [7, 11) is 1.35. The summed E-state index contributed by atoms with van der Waals surface area (Å²) in [6.45, 7) is 10.5. The van der Waals surface area contributed by atoms with Crippen molar-refractivity contribution in [1.29, 1.82) is 0 Å². The predicted molar refractivity (Wildman–Crippen MR) is 107 cm³/mol. The van der Waals surface area contributed by atoms with Crippen LogP contribution in [0.3, 0.4) is 0 Å². The Hall–Kier alpha value is -1.56. The van der Waals surface area contributed by atoms with Crippen molar-refractivity contribution in [3.8, 4) is 0 Å². The van der Waals surface area contributed by atoms with Gasteiger partial charge in [-0.15, -0.1) is 0 Å². The van der Waals surface area contributed by atoms with Crippen LogP contribution in [0.25, 0.3) is 0 Å². The van der Waals surface area contributed by atoms with E-state index in [9.17, 15) is 9.59 Å². The molecule has 0 bridgehead atoms. The van der Waals surface area contributed by atoms with Gasteiger partial charge in [-0.25, -0.2) is 4.79 Å². The summed E-state index contributed by atoms with van der Waals surface area (Å²) in [5.74, 6) is -0.704. The molecule has 0 saturated heterocycles. The van der Waals surface area contributed by atoms with Crippen molar-refractivity contribution in [1.82, 2.24) is 0 Å². The van der Waals surface area contributed by atoms with Gasteiger partial charge in [0.1, 0.15) is 6.61 Å². The molecule has 0 aliphatic carbocycles. The number of hydrogen-bond donors (Lipinski definition) is 0. The van der Waals surface area contributed by atoms with Gasteiger partial charge < -0.3 is 37.9 Å². The number of carbonyl (C=O) groups excluding carboxylic acids is 2. The van der Waals surface area contributed by atoms with E-state index in [1.54, 1.807) is 6.92 Å². The molecule has 0 aliphatic heterocycles. The third-order valence-electron chi connectivity index (χ3n) is 3.35. The summed E-state index contributed by atoms with van der Waals surface area (Å²) in [4.78, 5) is 22.0. The molecule has 0 aromatic carbocycles. The van der Waals surface area contributed by atoms with E-state index in [0.717, 1.165) is 0 Å². The van der Waals surface area contributed by atoms with Crippen LogP contribution in [-0.2, 0) is 47.5 Å². The zero-order chi connectivity index (χ0) is 22.3. The molecule has 0 spiro atoms. The van der Waals surface area contributed by atoms with E-state index < -0.39 is 5.97 Å². The number of carbonyl (C=O) groups is 2. The first kappa shape index (κ1) is 28.4. The molecule has 0 amide bonds. The lowest BCUT2D eigenvalue weighted by Crippen LogP contribution is -2.15. The second kappa shape index (κ2) is 22.1. The second-order valence-electron chi connectivity index (χ2n) is 5.92. The Morgan fingerprint density at radius 3 is 1.27 bits per heavy atom. The van der Waals surface area contributed by atoms with Crippen molar-refractivity contribution >= 4 is 11.9 Å². The van der Waals surface area contributed by atoms with Crippen molar-refractivity contribution < 1.29 is 47.5 Å². The molecule has 0 atom stereocenters. The highest BCUT2D eigenvalue weighted by molar-refractivity contribution is 5.86. The second-order valence-corrected chi connectivity index (χ2v) is 5.92. The molecule has 0 unspecified atom stereocenters. The maximum atomic E-state index is 11.1. The lowest BCUT2D eigenvalue weighted by molar-refractivity contribution is -0.142. The molecule has 10 nitrogen and oxygen atoms in total. The molecule has 0 N–H and O–H groups in total. The van der Waals surface area contributed by atoms with Gasteiger partial charge in [-0.2, -0.15) is 0 Å². The molecule has 0 heterocycles. The highest BCUT2D eigenvalue weighted by Gasteiger charge is 2.02. The Bertz CT molecular complexity index is 441. The third-order valence-corrected chi connectivity index (χ3v) is 3.35. The molecule has 0 saturated carbocycles. The van der Waals surface area contributed by atoms with Gasteiger partial charge in [0.25, 0.3) is 0 Å². The zero-order valence-electron chi connectivity index (χ0n) is 18.2. The van der Waals surface area contributed by atoms with Gasteiger partial charge in [-0.3, -0.25) is 4.79 Å². The highest BCUT2D eigenvalue weighted by atomic mass is 16.6. The largest absolute Gasteiger partial charge is 0.469 e. The zero-order valence-corrected chi connectivity index (χ0v) is 18.2. The van der Waals surface area contributed by atoms with Crippen molar-refractivity contribution in [3.05, 3.63) is 12.2 Å². The quantitative estimate of drug-likeness (QED) is 0.137. The monoisotopic (exact) mass is 436 g/mol. The normalized spacial score (nSPS) is 10.7. The first-order valence-electron chi connectivity index (χ1n) is 9.93. The lowest BCUT2D eigenvalue weighted by atomic mass is 10.4. The molecular formula is C20H36O10. The summed E-state index contributed by atoms with van der Waals surface area (Å²) in [6.07, 6.45) is 0.243. The van der Waals surface area contributed by atoms with Gasteiger partial charge in [0.2, 0.25) is 0 Å². The maximum Gasteiger partial charge on any atom is 0.333 e. The van der Waals surface area contributed by atoms with Crippen molar-refractivity contribution in [2.24, 2.45) is 0 Å². The van der Waals surface area contributed by atoms with E-state index in [2.05, 4.69) is 11.3 Å². The molecular weight excluding hydrogens is 400 g/mol. The van der Waals surface area contributed by atoms with Gasteiger partial charge in [0.05, 0.1) is 92.8 Å². The molecule has 30 heavy (non-hydrogen) atoms. The average molecular weight is 436 g/mol. The molecule has 176 valence electrons.